The Kier molecular flexibility index (Phi) is 17.0. The van der Waals surface area contributed by atoms with Crippen molar-refractivity contribution < 1.29 is 14.3 Å². The maximum Gasteiger partial charge on any atom is 0.407 e. The largest absolute Gasteiger partial charge is 0.445 e. The molecule has 2 aromatic carbocycles. The molecular formula is C43H52N4O3. The highest BCUT2D eigenvalue weighted by Gasteiger charge is 2.29. The lowest BCUT2D eigenvalue weighted by Crippen LogP contribution is -2.48. The van der Waals surface area contributed by atoms with Gasteiger partial charge in [-0.2, -0.15) is 0 Å². The van der Waals surface area contributed by atoms with E-state index in [9.17, 15) is 9.59 Å². The van der Waals surface area contributed by atoms with Crippen LogP contribution in [0.1, 0.15) is 67.1 Å². The minimum absolute atomic E-state index is 0.0758. The molecule has 1 N–H and O–H groups in total. The zero-order valence-electron chi connectivity index (χ0n) is 30.1. The van der Waals surface area contributed by atoms with Gasteiger partial charge in [-0.15, -0.1) is 18.9 Å². The van der Waals surface area contributed by atoms with Gasteiger partial charge in [0.15, 0.2) is 0 Å². The van der Waals surface area contributed by atoms with E-state index >= 15 is 0 Å². The minimum atomic E-state index is -0.444. The van der Waals surface area contributed by atoms with Crippen LogP contribution < -0.4 is 5.32 Å². The molecule has 3 aromatic rings. The number of hydrogen-bond donors (Lipinski definition) is 1. The van der Waals surface area contributed by atoms with Crippen LogP contribution in [0, 0.1) is 19.3 Å². The Labute approximate surface area is 299 Å². The van der Waals surface area contributed by atoms with Crippen molar-refractivity contribution in [1.29, 1.82) is 0 Å². The SMILES string of the molecule is C#CC.C=C(C)C.Cc1ccc(C(=O)N(CC2=CC=CC(CNC(=O)OCc3ccccc3)=CC2)C2CCN(Cc3cccnc3)CC2)cc1. The van der Waals surface area contributed by atoms with Gasteiger partial charge >= 0.3 is 6.09 Å². The highest BCUT2D eigenvalue weighted by molar-refractivity contribution is 5.94. The van der Waals surface area contributed by atoms with Gasteiger partial charge < -0.3 is 15.0 Å². The van der Waals surface area contributed by atoms with Crippen molar-refractivity contribution in [3.63, 3.8) is 0 Å². The van der Waals surface area contributed by atoms with Crippen LogP contribution in [-0.2, 0) is 17.9 Å². The van der Waals surface area contributed by atoms with Gasteiger partial charge in [-0.3, -0.25) is 14.7 Å². The number of aromatic nitrogens is 1. The average molecular weight is 673 g/mol. The van der Waals surface area contributed by atoms with Crippen LogP contribution in [0.25, 0.3) is 0 Å². The topological polar surface area (TPSA) is 74.8 Å². The van der Waals surface area contributed by atoms with Gasteiger partial charge in [0.2, 0.25) is 0 Å². The maximum atomic E-state index is 13.9. The number of aryl methyl sites for hydroxylation is 1. The number of hydrogen-bond acceptors (Lipinski definition) is 5. The molecule has 0 atom stereocenters. The van der Waals surface area contributed by atoms with E-state index in [2.05, 4.69) is 57.2 Å². The van der Waals surface area contributed by atoms with E-state index in [1.165, 1.54) is 11.1 Å². The highest BCUT2D eigenvalue weighted by atomic mass is 16.5. The molecule has 0 radical (unpaired) electrons. The van der Waals surface area contributed by atoms with Gasteiger partial charge in [0, 0.05) is 56.7 Å². The summed E-state index contributed by atoms with van der Waals surface area (Å²) >= 11 is 0. The molecule has 1 fully saturated rings. The van der Waals surface area contributed by atoms with Gasteiger partial charge in [0.1, 0.15) is 6.61 Å². The molecule has 0 saturated carbocycles. The lowest BCUT2D eigenvalue weighted by atomic mass is 9.99. The van der Waals surface area contributed by atoms with Crippen molar-refractivity contribution in [2.24, 2.45) is 0 Å². The molecule has 0 bridgehead atoms. The van der Waals surface area contributed by atoms with Crippen LogP contribution in [0.3, 0.4) is 0 Å². The summed E-state index contributed by atoms with van der Waals surface area (Å²) in [4.78, 5) is 34.9. The molecule has 262 valence electrons. The number of ether oxygens (including phenoxy) is 1. The molecule has 2 aliphatic rings. The van der Waals surface area contributed by atoms with Gasteiger partial charge in [-0.05, 0) is 87.4 Å². The van der Waals surface area contributed by atoms with Gasteiger partial charge in [-0.1, -0.05) is 84.0 Å². The number of carbonyl (C=O) groups is 2. The first-order valence-electron chi connectivity index (χ1n) is 17.2. The number of allylic oxidation sites excluding steroid dienone is 4. The predicted molar refractivity (Wildman–Crippen MR) is 204 cm³/mol. The van der Waals surface area contributed by atoms with Crippen LogP contribution in [0.15, 0.2) is 127 Å². The van der Waals surface area contributed by atoms with Gasteiger partial charge in [0.05, 0.1) is 0 Å². The number of rotatable bonds is 10. The van der Waals surface area contributed by atoms with Crippen molar-refractivity contribution >= 4 is 12.0 Å². The van der Waals surface area contributed by atoms with Gasteiger partial charge in [0.25, 0.3) is 5.91 Å². The van der Waals surface area contributed by atoms with E-state index < -0.39 is 6.09 Å². The molecule has 2 heterocycles. The Bertz CT molecular complexity index is 1620. The second-order valence-electron chi connectivity index (χ2n) is 12.7. The molecular weight excluding hydrogens is 620 g/mol. The summed E-state index contributed by atoms with van der Waals surface area (Å²) < 4.78 is 5.34. The monoisotopic (exact) mass is 672 g/mol. The molecule has 50 heavy (non-hydrogen) atoms. The predicted octanol–water partition coefficient (Wildman–Crippen LogP) is 8.46. The Morgan fingerprint density at radius 2 is 1.70 bits per heavy atom. The van der Waals surface area contributed by atoms with Crippen molar-refractivity contribution in [2.75, 3.05) is 26.2 Å². The lowest BCUT2D eigenvalue weighted by Gasteiger charge is -2.39. The fourth-order valence-electron chi connectivity index (χ4n) is 5.49. The molecule has 0 spiro atoms. The number of alkyl carbamates (subject to hydrolysis) is 1. The number of likely N-dealkylation sites (tertiary alicyclic amines) is 1. The molecule has 1 saturated heterocycles. The minimum Gasteiger partial charge on any atom is -0.445 e. The third kappa shape index (κ3) is 14.5. The summed E-state index contributed by atoms with van der Waals surface area (Å²) in [5.74, 6) is 2.33. The Morgan fingerprint density at radius 3 is 2.34 bits per heavy atom. The smallest absolute Gasteiger partial charge is 0.407 e. The summed E-state index contributed by atoms with van der Waals surface area (Å²) in [6.45, 7) is 15.1. The van der Waals surface area contributed by atoms with Crippen LogP contribution >= 0.6 is 0 Å². The first-order valence-corrected chi connectivity index (χ1v) is 17.2. The Hall–Kier alpha value is -5.19. The number of piperidine rings is 1. The summed E-state index contributed by atoms with van der Waals surface area (Å²) in [5, 5.41) is 2.85. The second-order valence-corrected chi connectivity index (χ2v) is 12.7. The van der Waals surface area contributed by atoms with E-state index in [4.69, 9.17) is 4.74 Å². The third-order valence-electron chi connectivity index (χ3n) is 7.98. The van der Waals surface area contributed by atoms with E-state index in [1.807, 2.05) is 99.8 Å². The highest BCUT2D eigenvalue weighted by Crippen LogP contribution is 2.24. The van der Waals surface area contributed by atoms with E-state index in [0.29, 0.717) is 19.5 Å². The van der Waals surface area contributed by atoms with Crippen LogP contribution in [0.4, 0.5) is 4.79 Å². The third-order valence-corrected chi connectivity index (χ3v) is 7.98. The van der Waals surface area contributed by atoms with Crippen LogP contribution in [-0.4, -0.2) is 59.0 Å². The fourth-order valence-corrected chi connectivity index (χ4v) is 5.49. The Balaban J connectivity index is 0.000000887. The standard InChI is InChI=1S/C36H40N4O3.C4H8.C3H4/c1-28-12-16-33(17-13-28)35(41)40(34-18-21-39(22-19-34)25-32-11-6-20-37-23-32)26-30-10-5-9-29(14-15-30)24-38-36(42)43-27-31-7-3-2-4-8-31;1-4(2)3;1-3-2/h2-14,16-17,20,23,34H,15,18-19,21-22,24-27H2,1H3,(H,38,42);1H2,2-3H3;1H,2H3. The normalized spacial score (nSPS) is 14.1. The van der Waals surface area contributed by atoms with E-state index in [1.54, 1.807) is 13.1 Å². The number of benzene rings is 2. The van der Waals surface area contributed by atoms with Gasteiger partial charge in [-0.25, -0.2) is 4.79 Å². The molecule has 5 rings (SSSR count). The molecule has 2 amide bonds. The number of terminal acetylenes is 1. The van der Waals surface area contributed by atoms with Crippen molar-refractivity contribution in [3.05, 3.63) is 149 Å². The van der Waals surface area contributed by atoms with Crippen LogP contribution in [0.5, 0.6) is 0 Å². The fraction of sp³-hybridized carbons (Fsp3) is 0.326. The van der Waals surface area contributed by atoms with Crippen molar-refractivity contribution in [2.45, 2.75) is 66.2 Å². The first kappa shape index (κ1) is 39.3. The summed E-state index contributed by atoms with van der Waals surface area (Å²) in [6, 6.07) is 21.8. The number of pyridine rings is 1. The van der Waals surface area contributed by atoms with Crippen molar-refractivity contribution in [1.82, 2.24) is 20.1 Å². The van der Waals surface area contributed by atoms with Crippen molar-refractivity contribution in [3.8, 4) is 12.3 Å². The molecule has 1 aliphatic heterocycles. The number of nitrogens with zero attached hydrogens (tertiary/aromatic N) is 3. The summed E-state index contributed by atoms with van der Waals surface area (Å²) in [7, 11) is 0. The first-order chi connectivity index (χ1) is 24.2. The zero-order valence-corrected chi connectivity index (χ0v) is 30.1. The van der Waals surface area contributed by atoms with E-state index in [0.717, 1.165) is 60.3 Å². The molecule has 0 unspecified atom stereocenters. The van der Waals surface area contributed by atoms with E-state index in [-0.39, 0.29) is 18.6 Å². The summed E-state index contributed by atoms with van der Waals surface area (Å²) in [5.41, 5.74) is 7.36. The number of nitrogens with one attached hydrogen (secondary N) is 1. The molecule has 1 aromatic heterocycles. The maximum absolute atomic E-state index is 13.9. The average Bonchev–Trinajstić information content (AvgIpc) is 3.35. The molecule has 1 aliphatic carbocycles. The molecule has 7 heteroatoms. The second kappa shape index (κ2) is 21.7. The molecule has 7 nitrogen and oxygen atoms in total. The number of carbonyl (C=O) groups excluding carboxylic acids is 2. The number of amides is 2. The quantitative estimate of drug-likeness (QED) is 0.173. The summed E-state index contributed by atoms with van der Waals surface area (Å²) in [6.07, 6.45) is 18.7. The Morgan fingerprint density at radius 1 is 1.04 bits per heavy atom. The lowest BCUT2D eigenvalue weighted by molar-refractivity contribution is 0.0589. The zero-order chi connectivity index (χ0) is 36.1. The van der Waals surface area contributed by atoms with Crippen LogP contribution in [0.2, 0.25) is 0 Å².